The molecule has 0 fully saturated rings. The van der Waals surface area contributed by atoms with E-state index in [1.807, 2.05) is 39.0 Å². The minimum absolute atomic E-state index is 0.00407. The van der Waals surface area contributed by atoms with E-state index in [0.717, 1.165) is 35.5 Å². The molecule has 0 spiro atoms. The summed E-state index contributed by atoms with van der Waals surface area (Å²) < 4.78 is 11.3. The first kappa shape index (κ1) is 13.0. The van der Waals surface area contributed by atoms with Crippen molar-refractivity contribution in [3.05, 3.63) is 52.0 Å². The van der Waals surface area contributed by atoms with Gasteiger partial charge in [0.1, 0.15) is 17.3 Å². The quantitative estimate of drug-likeness (QED) is 0.780. The van der Waals surface area contributed by atoms with Crippen LogP contribution in [0.1, 0.15) is 45.0 Å². The molecule has 1 aromatic carbocycles. The maximum absolute atomic E-state index is 12.8. The molecule has 1 aliphatic rings. The first-order valence-electron chi connectivity index (χ1n) is 6.95. The molecule has 2 aromatic rings. The SMILES string of the molecule is Cc1oc(C)c(C(=O)c2cccc3c2OCCC3)c1C. The summed E-state index contributed by atoms with van der Waals surface area (Å²) >= 11 is 0. The largest absolute Gasteiger partial charge is 0.493 e. The van der Waals surface area contributed by atoms with Gasteiger partial charge in [0.2, 0.25) is 5.78 Å². The van der Waals surface area contributed by atoms with Crippen LogP contribution >= 0.6 is 0 Å². The topological polar surface area (TPSA) is 39.4 Å². The molecule has 1 aliphatic heterocycles. The maximum Gasteiger partial charge on any atom is 0.200 e. The van der Waals surface area contributed by atoms with Crippen molar-refractivity contribution in [3.63, 3.8) is 0 Å². The van der Waals surface area contributed by atoms with Crippen molar-refractivity contribution in [1.29, 1.82) is 0 Å². The minimum Gasteiger partial charge on any atom is -0.493 e. The van der Waals surface area contributed by atoms with E-state index in [9.17, 15) is 4.79 Å². The van der Waals surface area contributed by atoms with E-state index >= 15 is 0 Å². The normalized spacial score (nSPS) is 13.8. The molecule has 104 valence electrons. The van der Waals surface area contributed by atoms with E-state index in [-0.39, 0.29) is 5.78 Å². The minimum atomic E-state index is -0.00407. The second kappa shape index (κ2) is 4.82. The Morgan fingerprint density at radius 3 is 2.65 bits per heavy atom. The van der Waals surface area contributed by atoms with Gasteiger partial charge in [-0.1, -0.05) is 12.1 Å². The standard InChI is InChI=1S/C17H18O3/c1-10-11(2)20-12(3)15(10)16(18)14-8-4-6-13-7-5-9-19-17(13)14/h4,6,8H,5,7,9H2,1-3H3. The molecule has 1 aromatic heterocycles. The molecule has 0 bridgehead atoms. The lowest BCUT2D eigenvalue weighted by Gasteiger charge is -2.19. The first-order chi connectivity index (χ1) is 9.59. The third-order valence-electron chi connectivity index (χ3n) is 3.97. The average molecular weight is 270 g/mol. The molecular formula is C17H18O3. The van der Waals surface area contributed by atoms with E-state index in [4.69, 9.17) is 9.15 Å². The summed E-state index contributed by atoms with van der Waals surface area (Å²) in [5.41, 5.74) is 3.36. The molecule has 0 amide bonds. The molecule has 3 heteroatoms. The zero-order chi connectivity index (χ0) is 14.3. The van der Waals surface area contributed by atoms with Gasteiger partial charge in [-0.25, -0.2) is 0 Å². The van der Waals surface area contributed by atoms with Crippen LogP contribution in [-0.4, -0.2) is 12.4 Å². The number of benzene rings is 1. The lowest BCUT2D eigenvalue weighted by Crippen LogP contribution is -2.14. The lowest BCUT2D eigenvalue weighted by atomic mass is 9.95. The fraction of sp³-hybridized carbons (Fsp3) is 0.353. The molecule has 0 saturated heterocycles. The van der Waals surface area contributed by atoms with Gasteiger partial charge in [0.25, 0.3) is 0 Å². The van der Waals surface area contributed by atoms with Crippen molar-refractivity contribution in [3.8, 4) is 5.75 Å². The summed E-state index contributed by atoms with van der Waals surface area (Å²) in [6.45, 7) is 6.33. The van der Waals surface area contributed by atoms with Gasteiger partial charge in [-0.15, -0.1) is 0 Å². The third-order valence-corrected chi connectivity index (χ3v) is 3.97. The zero-order valence-electron chi connectivity index (χ0n) is 12.1. The van der Waals surface area contributed by atoms with Gasteiger partial charge >= 0.3 is 0 Å². The van der Waals surface area contributed by atoms with Gasteiger partial charge in [-0.05, 0) is 45.2 Å². The highest BCUT2D eigenvalue weighted by Crippen LogP contribution is 2.32. The number of para-hydroxylation sites is 1. The van der Waals surface area contributed by atoms with Crippen LogP contribution in [0, 0.1) is 20.8 Å². The number of fused-ring (bicyclic) bond motifs is 1. The van der Waals surface area contributed by atoms with Gasteiger partial charge < -0.3 is 9.15 Å². The smallest absolute Gasteiger partial charge is 0.200 e. The van der Waals surface area contributed by atoms with Crippen molar-refractivity contribution in [2.45, 2.75) is 33.6 Å². The fourth-order valence-electron chi connectivity index (χ4n) is 2.83. The average Bonchev–Trinajstić information content (AvgIpc) is 2.71. The van der Waals surface area contributed by atoms with Gasteiger partial charge in [0.05, 0.1) is 17.7 Å². The molecule has 0 unspecified atom stereocenters. The number of hydrogen-bond acceptors (Lipinski definition) is 3. The summed E-state index contributed by atoms with van der Waals surface area (Å²) in [4.78, 5) is 12.8. The number of carbonyl (C=O) groups excluding carboxylic acids is 1. The van der Waals surface area contributed by atoms with E-state index < -0.39 is 0 Å². The summed E-state index contributed by atoms with van der Waals surface area (Å²) in [5.74, 6) is 2.23. The van der Waals surface area contributed by atoms with Crippen molar-refractivity contribution in [1.82, 2.24) is 0 Å². The van der Waals surface area contributed by atoms with Gasteiger partial charge in [-0.2, -0.15) is 0 Å². The molecular weight excluding hydrogens is 252 g/mol. The highest BCUT2D eigenvalue weighted by Gasteiger charge is 2.25. The Morgan fingerprint density at radius 2 is 1.95 bits per heavy atom. The van der Waals surface area contributed by atoms with Crippen LogP contribution < -0.4 is 4.74 Å². The Labute approximate surface area is 118 Å². The second-order valence-electron chi connectivity index (χ2n) is 5.29. The molecule has 0 atom stereocenters. The fourth-order valence-corrected chi connectivity index (χ4v) is 2.83. The Kier molecular flexibility index (Phi) is 3.13. The first-order valence-corrected chi connectivity index (χ1v) is 6.95. The predicted octanol–water partition coefficient (Wildman–Crippen LogP) is 3.76. The summed E-state index contributed by atoms with van der Waals surface area (Å²) in [7, 11) is 0. The van der Waals surface area contributed by atoms with Crippen LogP contribution in [0.4, 0.5) is 0 Å². The molecule has 0 radical (unpaired) electrons. The lowest BCUT2D eigenvalue weighted by molar-refractivity contribution is 0.103. The van der Waals surface area contributed by atoms with Gasteiger partial charge in [-0.3, -0.25) is 4.79 Å². The van der Waals surface area contributed by atoms with Crippen LogP contribution in [0.3, 0.4) is 0 Å². The molecule has 3 nitrogen and oxygen atoms in total. The number of hydrogen-bond donors (Lipinski definition) is 0. The number of ether oxygens (including phenoxy) is 1. The monoisotopic (exact) mass is 270 g/mol. The van der Waals surface area contributed by atoms with Crippen molar-refractivity contribution >= 4 is 5.78 Å². The Bertz CT molecular complexity index is 680. The van der Waals surface area contributed by atoms with Crippen molar-refractivity contribution < 1.29 is 13.9 Å². The van der Waals surface area contributed by atoms with Gasteiger partial charge in [0.15, 0.2) is 0 Å². The van der Waals surface area contributed by atoms with Crippen LogP contribution in [-0.2, 0) is 6.42 Å². The molecule has 2 heterocycles. The Balaban J connectivity index is 2.12. The van der Waals surface area contributed by atoms with Crippen molar-refractivity contribution in [2.75, 3.05) is 6.61 Å². The van der Waals surface area contributed by atoms with Crippen LogP contribution in [0.25, 0.3) is 0 Å². The molecule has 20 heavy (non-hydrogen) atoms. The molecule has 3 rings (SSSR count). The number of ketones is 1. The van der Waals surface area contributed by atoms with E-state index in [2.05, 4.69) is 0 Å². The van der Waals surface area contributed by atoms with E-state index in [0.29, 0.717) is 23.5 Å². The van der Waals surface area contributed by atoms with Crippen LogP contribution in [0.5, 0.6) is 5.75 Å². The van der Waals surface area contributed by atoms with Crippen molar-refractivity contribution in [2.24, 2.45) is 0 Å². The van der Waals surface area contributed by atoms with E-state index in [1.54, 1.807) is 0 Å². The van der Waals surface area contributed by atoms with Crippen LogP contribution in [0.15, 0.2) is 22.6 Å². The van der Waals surface area contributed by atoms with Crippen LogP contribution in [0.2, 0.25) is 0 Å². The maximum atomic E-state index is 12.8. The predicted molar refractivity (Wildman–Crippen MR) is 76.6 cm³/mol. The third kappa shape index (κ3) is 1.94. The number of rotatable bonds is 2. The highest BCUT2D eigenvalue weighted by molar-refractivity contribution is 6.12. The van der Waals surface area contributed by atoms with E-state index in [1.165, 1.54) is 0 Å². The Morgan fingerprint density at radius 1 is 1.15 bits per heavy atom. The molecule has 0 saturated carbocycles. The number of aryl methyl sites for hydroxylation is 3. The number of furan rings is 1. The zero-order valence-corrected chi connectivity index (χ0v) is 12.1. The second-order valence-corrected chi connectivity index (χ2v) is 5.29. The summed E-state index contributed by atoms with van der Waals surface area (Å²) in [5, 5.41) is 0. The number of carbonyl (C=O) groups is 1. The van der Waals surface area contributed by atoms with Gasteiger partial charge in [0, 0.05) is 5.56 Å². The highest BCUT2D eigenvalue weighted by atomic mass is 16.5. The summed E-state index contributed by atoms with van der Waals surface area (Å²) in [6, 6.07) is 5.80. The molecule has 0 N–H and O–H groups in total. The summed E-state index contributed by atoms with van der Waals surface area (Å²) in [6.07, 6.45) is 1.98. The Hall–Kier alpha value is -2.03. The molecule has 0 aliphatic carbocycles.